The number of benzene rings is 1. The summed E-state index contributed by atoms with van der Waals surface area (Å²) in [6, 6.07) is 4.89. The van der Waals surface area contributed by atoms with Crippen molar-refractivity contribution in [3.63, 3.8) is 0 Å². The number of unbranched alkanes of at least 4 members (excludes halogenated alkanes) is 2. The monoisotopic (exact) mass is 503 g/mol. The van der Waals surface area contributed by atoms with Crippen molar-refractivity contribution in [1.29, 1.82) is 0 Å². The van der Waals surface area contributed by atoms with E-state index in [1.165, 1.54) is 4.90 Å². The van der Waals surface area contributed by atoms with Gasteiger partial charge < -0.3 is 20.3 Å². The molecule has 1 aromatic rings. The molecule has 0 spiro atoms. The molecule has 35 heavy (non-hydrogen) atoms. The molecule has 2 N–H and O–H groups in total. The summed E-state index contributed by atoms with van der Waals surface area (Å²) in [4.78, 5) is 41.2. The van der Waals surface area contributed by atoms with Crippen LogP contribution in [0, 0.1) is 12.3 Å². The first-order valence-corrected chi connectivity index (χ1v) is 12.9. The molecule has 8 heteroatoms. The third-order valence-corrected chi connectivity index (χ3v) is 5.86. The minimum absolute atomic E-state index is 0.0475. The third-order valence-electron chi connectivity index (χ3n) is 5.49. The minimum Gasteiger partial charge on any atom is -0.444 e. The zero-order valence-electron chi connectivity index (χ0n) is 21.9. The van der Waals surface area contributed by atoms with Crippen LogP contribution >= 0.6 is 12.6 Å². The molecule has 194 valence electrons. The number of nitrogens with one attached hydrogen (secondary N) is 2. The first-order valence-electron chi connectivity index (χ1n) is 12.3. The Morgan fingerprint density at radius 3 is 2.26 bits per heavy atom. The molecule has 0 heterocycles. The van der Waals surface area contributed by atoms with Gasteiger partial charge in [0, 0.05) is 23.9 Å². The van der Waals surface area contributed by atoms with Gasteiger partial charge in [-0.2, -0.15) is 12.6 Å². The van der Waals surface area contributed by atoms with E-state index < -0.39 is 29.7 Å². The van der Waals surface area contributed by atoms with Gasteiger partial charge in [0.2, 0.25) is 11.8 Å². The summed E-state index contributed by atoms with van der Waals surface area (Å²) in [6.07, 6.45) is 8.28. The lowest BCUT2D eigenvalue weighted by Crippen LogP contribution is -2.56. The zero-order valence-corrected chi connectivity index (χ0v) is 22.8. The predicted molar refractivity (Wildman–Crippen MR) is 143 cm³/mol. The summed E-state index contributed by atoms with van der Waals surface area (Å²) in [5, 5.41) is 5.60. The molecule has 3 amide bonds. The van der Waals surface area contributed by atoms with Crippen LogP contribution in [-0.2, 0) is 14.3 Å². The highest BCUT2D eigenvalue weighted by Gasteiger charge is 2.38. The second-order valence-corrected chi connectivity index (χ2v) is 9.92. The number of carbonyl (C=O) groups is 3. The van der Waals surface area contributed by atoms with Crippen LogP contribution in [0.2, 0.25) is 0 Å². The van der Waals surface area contributed by atoms with Crippen molar-refractivity contribution in [2.24, 2.45) is 0 Å². The fraction of sp³-hybridized carbons (Fsp3) is 0.593. The van der Waals surface area contributed by atoms with Gasteiger partial charge in [-0.25, -0.2) is 4.79 Å². The van der Waals surface area contributed by atoms with Gasteiger partial charge in [0.15, 0.2) is 0 Å². The Hall–Kier alpha value is -2.66. The second kappa shape index (κ2) is 14.7. The van der Waals surface area contributed by atoms with Gasteiger partial charge in [-0.1, -0.05) is 44.7 Å². The molecule has 1 rings (SSSR count). The molecular formula is C27H41N3O4S. The number of rotatable bonds is 12. The Bertz CT molecular complexity index is 874. The number of ether oxygens (including phenoxy) is 1. The van der Waals surface area contributed by atoms with Crippen LogP contribution in [0.4, 0.5) is 4.79 Å². The lowest BCUT2D eigenvalue weighted by atomic mass is 9.99. The second-order valence-electron chi connectivity index (χ2n) is 9.55. The predicted octanol–water partition coefficient (Wildman–Crippen LogP) is 4.47. The minimum atomic E-state index is -0.970. The summed E-state index contributed by atoms with van der Waals surface area (Å²) in [5.41, 5.74) is 0.600. The van der Waals surface area contributed by atoms with E-state index in [1.54, 1.807) is 45.0 Å². The molecule has 1 aromatic carbocycles. The molecule has 0 aliphatic carbocycles. The van der Waals surface area contributed by atoms with Crippen LogP contribution in [0.1, 0.15) is 84.4 Å². The molecule has 0 radical (unpaired) electrons. The largest absolute Gasteiger partial charge is 0.444 e. The lowest BCUT2D eigenvalue weighted by Gasteiger charge is -2.38. The number of carbonyl (C=O) groups excluding carboxylic acids is 3. The van der Waals surface area contributed by atoms with Crippen molar-refractivity contribution in [3.05, 3.63) is 35.4 Å². The maximum atomic E-state index is 13.8. The van der Waals surface area contributed by atoms with Crippen LogP contribution in [-0.4, -0.2) is 52.8 Å². The first kappa shape index (κ1) is 30.4. The lowest BCUT2D eigenvalue weighted by molar-refractivity contribution is -0.144. The fourth-order valence-corrected chi connectivity index (χ4v) is 3.74. The Morgan fingerprint density at radius 1 is 1.14 bits per heavy atom. The van der Waals surface area contributed by atoms with E-state index in [4.69, 9.17) is 11.2 Å². The number of alkyl carbamates (subject to hydrolysis) is 1. The van der Waals surface area contributed by atoms with Gasteiger partial charge in [0.25, 0.3) is 0 Å². The van der Waals surface area contributed by atoms with Crippen molar-refractivity contribution in [2.75, 3.05) is 12.3 Å². The van der Waals surface area contributed by atoms with Gasteiger partial charge in [-0.05, 0) is 58.2 Å². The maximum Gasteiger partial charge on any atom is 0.408 e. The number of hydrogen-bond donors (Lipinski definition) is 3. The van der Waals surface area contributed by atoms with E-state index >= 15 is 0 Å². The van der Waals surface area contributed by atoms with Crippen LogP contribution in [0.5, 0.6) is 0 Å². The number of nitrogens with zero attached hydrogens (tertiary/aromatic N) is 1. The Balaban J connectivity index is 3.37. The topological polar surface area (TPSA) is 87.7 Å². The highest BCUT2D eigenvalue weighted by atomic mass is 32.1. The molecule has 0 aliphatic rings. The van der Waals surface area contributed by atoms with E-state index in [9.17, 15) is 14.4 Å². The zero-order chi connectivity index (χ0) is 26.6. The number of amides is 3. The molecule has 3 atom stereocenters. The smallest absolute Gasteiger partial charge is 0.408 e. The molecule has 0 aliphatic heterocycles. The normalized spacial score (nSPS) is 13.7. The summed E-state index contributed by atoms with van der Waals surface area (Å²) in [6.45, 7) is 11.7. The van der Waals surface area contributed by atoms with E-state index in [2.05, 4.69) is 36.1 Å². The number of hydrogen-bond acceptors (Lipinski definition) is 5. The number of thiol groups is 1. The molecule has 3 unspecified atom stereocenters. The molecule has 0 saturated heterocycles. The molecule has 0 saturated carbocycles. The average Bonchev–Trinajstić information content (AvgIpc) is 2.81. The highest BCUT2D eigenvalue weighted by molar-refractivity contribution is 7.80. The first-order chi connectivity index (χ1) is 16.5. The Labute approximate surface area is 216 Å². The average molecular weight is 504 g/mol. The van der Waals surface area contributed by atoms with E-state index in [0.29, 0.717) is 24.1 Å². The van der Waals surface area contributed by atoms with Crippen LogP contribution in [0.15, 0.2) is 24.3 Å². The van der Waals surface area contributed by atoms with Gasteiger partial charge in [0.05, 0.1) is 0 Å². The van der Waals surface area contributed by atoms with Gasteiger partial charge in [-0.15, -0.1) is 6.42 Å². The highest BCUT2D eigenvalue weighted by Crippen LogP contribution is 2.27. The van der Waals surface area contributed by atoms with Gasteiger partial charge in [-0.3, -0.25) is 9.59 Å². The standard InChI is InChI=1S/C27H41N3O4S/c1-8-11-12-17-28-24(31)23(21-15-13-20(10-3)14-16-21)30(19(4)9-2)25(32)22(18-35)29-26(33)34-27(5,6)7/h3,13-16,19,22-23,35H,8-9,11-12,17-18H2,1-2,4-7H3,(H,28,31)(H,29,33). The summed E-state index contributed by atoms with van der Waals surface area (Å²) in [5.74, 6) is 1.93. The van der Waals surface area contributed by atoms with Gasteiger partial charge >= 0.3 is 6.09 Å². The van der Waals surface area contributed by atoms with Crippen LogP contribution in [0.25, 0.3) is 0 Å². The van der Waals surface area contributed by atoms with Crippen molar-refractivity contribution in [2.45, 2.75) is 91.0 Å². The SMILES string of the molecule is C#Cc1ccc(C(C(=O)NCCCCC)N(C(=O)C(CS)NC(=O)OC(C)(C)C)C(C)CC)cc1. The van der Waals surface area contributed by atoms with Crippen molar-refractivity contribution >= 4 is 30.5 Å². The van der Waals surface area contributed by atoms with Crippen molar-refractivity contribution in [3.8, 4) is 12.3 Å². The molecule has 0 aromatic heterocycles. The molecule has 0 fully saturated rings. The molecule has 7 nitrogen and oxygen atoms in total. The summed E-state index contributed by atoms with van der Waals surface area (Å²) < 4.78 is 5.33. The molecule has 0 bridgehead atoms. The van der Waals surface area contributed by atoms with Crippen LogP contribution in [0.3, 0.4) is 0 Å². The summed E-state index contributed by atoms with van der Waals surface area (Å²) >= 11 is 4.31. The summed E-state index contributed by atoms with van der Waals surface area (Å²) in [7, 11) is 0. The van der Waals surface area contributed by atoms with Crippen molar-refractivity contribution < 1.29 is 19.1 Å². The van der Waals surface area contributed by atoms with Gasteiger partial charge in [0.1, 0.15) is 17.7 Å². The fourth-order valence-electron chi connectivity index (χ4n) is 3.49. The van der Waals surface area contributed by atoms with E-state index in [0.717, 1.165) is 19.3 Å². The van der Waals surface area contributed by atoms with Crippen LogP contribution < -0.4 is 10.6 Å². The number of terminal acetylenes is 1. The third kappa shape index (κ3) is 9.85. The quantitative estimate of drug-likeness (QED) is 0.223. The van der Waals surface area contributed by atoms with E-state index in [1.807, 2.05) is 13.8 Å². The van der Waals surface area contributed by atoms with E-state index in [-0.39, 0.29) is 17.7 Å². The molecular weight excluding hydrogens is 462 g/mol. The Morgan fingerprint density at radius 2 is 1.77 bits per heavy atom. The van der Waals surface area contributed by atoms with Crippen molar-refractivity contribution in [1.82, 2.24) is 15.5 Å². The maximum absolute atomic E-state index is 13.8. The Kier molecular flexibility index (Phi) is 12.7.